The molecule has 0 saturated carbocycles. The van der Waals surface area contributed by atoms with Crippen LogP contribution in [0.1, 0.15) is 52.8 Å². The van der Waals surface area contributed by atoms with Gasteiger partial charge in [-0.05, 0) is 58.3 Å². The van der Waals surface area contributed by atoms with Crippen molar-refractivity contribution in [3.63, 3.8) is 0 Å². The van der Waals surface area contributed by atoms with Gasteiger partial charge in [0.25, 0.3) is 0 Å². The summed E-state index contributed by atoms with van der Waals surface area (Å²) in [6.07, 6.45) is 2.59. The van der Waals surface area contributed by atoms with Crippen molar-refractivity contribution in [1.82, 2.24) is 14.7 Å². The van der Waals surface area contributed by atoms with Gasteiger partial charge in [-0.1, -0.05) is 45.2 Å². The van der Waals surface area contributed by atoms with Crippen LogP contribution < -0.4 is 0 Å². The zero-order valence-corrected chi connectivity index (χ0v) is 21.7. The minimum atomic E-state index is -0.502. The second-order valence-electron chi connectivity index (χ2n) is 8.23. The van der Waals surface area contributed by atoms with Crippen molar-refractivity contribution in [1.29, 1.82) is 0 Å². The van der Waals surface area contributed by atoms with Crippen molar-refractivity contribution in [2.45, 2.75) is 58.8 Å². The highest BCUT2D eigenvalue weighted by Crippen LogP contribution is 2.29. The van der Waals surface area contributed by atoms with Crippen LogP contribution in [0.25, 0.3) is 5.57 Å². The summed E-state index contributed by atoms with van der Waals surface area (Å²) >= 11 is 4.74. The Bertz CT molecular complexity index is 691. The quantitative estimate of drug-likeness (QED) is 0.316. The molecule has 1 aliphatic rings. The summed E-state index contributed by atoms with van der Waals surface area (Å²) in [6, 6.07) is 2.27. The number of carbonyl (C=O) groups excluding carboxylic acids is 1. The standard InChI is InChI=1S/C20H31I2N3O3/c1-14(2)25-18(6-8-23-25)17-12-24(19(26)28-20(3,4)5)9-7-15(17)13-27-16(10-21)11-22/h6,8,14,16H,7,9-13H2,1-5H3. The molecule has 1 aliphatic heterocycles. The van der Waals surface area contributed by atoms with Crippen molar-refractivity contribution >= 4 is 56.8 Å². The van der Waals surface area contributed by atoms with Gasteiger partial charge in [-0.25, -0.2) is 4.79 Å². The van der Waals surface area contributed by atoms with E-state index in [9.17, 15) is 4.79 Å². The summed E-state index contributed by atoms with van der Waals surface area (Å²) in [6.45, 7) is 11.7. The van der Waals surface area contributed by atoms with Crippen LogP contribution >= 0.6 is 45.2 Å². The molecule has 0 radical (unpaired) electrons. The second-order valence-corrected chi connectivity index (χ2v) is 9.99. The number of ether oxygens (including phenoxy) is 2. The van der Waals surface area contributed by atoms with Gasteiger partial charge in [0, 0.05) is 27.6 Å². The average molecular weight is 615 g/mol. The molecule has 28 heavy (non-hydrogen) atoms. The molecule has 2 rings (SSSR count). The molecule has 0 saturated heterocycles. The van der Waals surface area contributed by atoms with E-state index >= 15 is 0 Å². The van der Waals surface area contributed by atoms with Crippen molar-refractivity contribution in [2.24, 2.45) is 0 Å². The molecule has 2 heterocycles. The Kier molecular flexibility index (Phi) is 9.06. The summed E-state index contributed by atoms with van der Waals surface area (Å²) in [7, 11) is 0. The third-order valence-electron chi connectivity index (χ3n) is 4.42. The highest BCUT2D eigenvalue weighted by molar-refractivity contribution is 14.1. The van der Waals surface area contributed by atoms with Gasteiger partial charge in [-0.15, -0.1) is 0 Å². The van der Waals surface area contributed by atoms with Gasteiger partial charge in [0.05, 0.1) is 24.9 Å². The van der Waals surface area contributed by atoms with Crippen LogP contribution in [0.5, 0.6) is 0 Å². The Morgan fingerprint density at radius 1 is 1.29 bits per heavy atom. The first-order valence-corrected chi connectivity index (χ1v) is 12.7. The van der Waals surface area contributed by atoms with Gasteiger partial charge in [-0.3, -0.25) is 4.68 Å². The fraction of sp³-hybridized carbons (Fsp3) is 0.700. The molecule has 0 atom stereocenters. The summed E-state index contributed by atoms with van der Waals surface area (Å²) in [4.78, 5) is 14.4. The minimum Gasteiger partial charge on any atom is -0.444 e. The second kappa shape index (κ2) is 10.6. The molecule has 0 N–H and O–H groups in total. The number of hydrogen-bond donors (Lipinski definition) is 0. The van der Waals surface area contributed by atoms with Crippen molar-refractivity contribution < 1.29 is 14.3 Å². The normalized spacial score (nSPS) is 15.7. The van der Waals surface area contributed by atoms with Crippen LogP contribution in [-0.2, 0) is 9.47 Å². The van der Waals surface area contributed by atoms with E-state index in [-0.39, 0.29) is 18.2 Å². The van der Waals surface area contributed by atoms with Crippen LogP contribution in [0.2, 0.25) is 0 Å². The molecule has 1 aromatic rings. The van der Waals surface area contributed by atoms with E-state index in [0.717, 1.165) is 26.5 Å². The monoisotopic (exact) mass is 615 g/mol. The molecule has 8 heteroatoms. The van der Waals surface area contributed by atoms with Crippen molar-refractivity contribution in [3.05, 3.63) is 23.5 Å². The van der Waals surface area contributed by atoms with Gasteiger partial charge in [0.15, 0.2) is 0 Å². The maximum absolute atomic E-state index is 12.6. The Morgan fingerprint density at radius 3 is 2.54 bits per heavy atom. The summed E-state index contributed by atoms with van der Waals surface area (Å²) < 4.78 is 15.7. The van der Waals surface area contributed by atoms with Crippen molar-refractivity contribution in [3.8, 4) is 0 Å². The van der Waals surface area contributed by atoms with Crippen LogP contribution in [0, 0.1) is 0 Å². The Labute approximate surface area is 195 Å². The van der Waals surface area contributed by atoms with E-state index in [1.807, 2.05) is 37.7 Å². The number of halogens is 2. The highest BCUT2D eigenvalue weighted by Gasteiger charge is 2.29. The molecule has 0 aliphatic carbocycles. The molecule has 0 fully saturated rings. The third-order valence-corrected chi connectivity index (χ3v) is 6.38. The van der Waals surface area contributed by atoms with E-state index in [1.54, 1.807) is 4.90 Å². The first-order chi connectivity index (χ1) is 13.2. The number of rotatable bonds is 7. The lowest BCUT2D eigenvalue weighted by Crippen LogP contribution is -2.41. The fourth-order valence-electron chi connectivity index (χ4n) is 3.02. The van der Waals surface area contributed by atoms with Crippen LogP contribution in [0.3, 0.4) is 0 Å². The molecular weight excluding hydrogens is 584 g/mol. The van der Waals surface area contributed by atoms with Gasteiger partial charge in [0.2, 0.25) is 0 Å². The number of nitrogens with zero attached hydrogens (tertiary/aromatic N) is 3. The molecular formula is C20H31I2N3O3. The van der Waals surface area contributed by atoms with Gasteiger partial charge in [0.1, 0.15) is 5.60 Å². The minimum absolute atomic E-state index is 0.244. The molecule has 0 aromatic carbocycles. The molecule has 1 amide bonds. The van der Waals surface area contributed by atoms with Crippen LogP contribution in [0.4, 0.5) is 4.79 Å². The van der Waals surface area contributed by atoms with E-state index in [4.69, 9.17) is 9.47 Å². The number of alkyl halides is 2. The average Bonchev–Trinajstić information content (AvgIpc) is 3.11. The third kappa shape index (κ3) is 6.58. The smallest absolute Gasteiger partial charge is 0.410 e. The summed E-state index contributed by atoms with van der Waals surface area (Å²) in [5, 5.41) is 4.49. The maximum Gasteiger partial charge on any atom is 0.410 e. The SMILES string of the molecule is CC(C)n1nccc1C1=C(COC(CI)CI)CCN(C(=O)OC(C)(C)C)C1. The zero-order chi connectivity index (χ0) is 20.9. The molecule has 158 valence electrons. The van der Waals surface area contributed by atoms with Crippen LogP contribution in [-0.4, -0.2) is 61.0 Å². The zero-order valence-electron chi connectivity index (χ0n) is 17.4. The van der Waals surface area contributed by atoms with Gasteiger partial charge >= 0.3 is 6.09 Å². The topological polar surface area (TPSA) is 56.6 Å². The van der Waals surface area contributed by atoms with E-state index in [1.165, 1.54) is 5.57 Å². The predicted molar refractivity (Wildman–Crippen MR) is 129 cm³/mol. The Hall–Kier alpha value is -0.360. The number of carbonyl (C=O) groups is 1. The molecule has 1 aromatic heterocycles. The lowest BCUT2D eigenvalue weighted by atomic mass is 9.97. The predicted octanol–water partition coefficient (Wildman–Crippen LogP) is 5.11. The van der Waals surface area contributed by atoms with Crippen molar-refractivity contribution in [2.75, 3.05) is 28.6 Å². The van der Waals surface area contributed by atoms with E-state index < -0.39 is 5.60 Å². The Morgan fingerprint density at radius 2 is 1.96 bits per heavy atom. The lowest BCUT2D eigenvalue weighted by Gasteiger charge is -2.33. The fourth-order valence-corrected chi connectivity index (χ4v) is 5.34. The summed E-state index contributed by atoms with van der Waals surface area (Å²) in [5.41, 5.74) is 2.94. The van der Waals surface area contributed by atoms with Gasteiger partial charge in [-0.2, -0.15) is 5.10 Å². The first-order valence-electron chi connectivity index (χ1n) is 9.62. The Balaban J connectivity index is 2.30. The maximum atomic E-state index is 12.6. The van der Waals surface area contributed by atoms with E-state index in [0.29, 0.717) is 19.7 Å². The molecule has 6 nitrogen and oxygen atoms in total. The first kappa shape index (κ1) is 23.9. The highest BCUT2D eigenvalue weighted by atomic mass is 127. The number of hydrogen-bond acceptors (Lipinski definition) is 4. The molecule has 0 bridgehead atoms. The largest absolute Gasteiger partial charge is 0.444 e. The van der Waals surface area contributed by atoms with Crippen LogP contribution in [0.15, 0.2) is 17.8 Å². The van der Waals surface area contributed by atoms with Gasteiger partial charge < -0.3 is 14.4 Å². The number of aromatic nitrogens is 2. The molecule has 0 spiro atoms. The summed E-state index contributed by atoms with van der Waals surface area (Å²) in [5.74, 6) is 0. The molecule has 0 unspecified atom stereocenters. The lowest BCUT2D eigenvalue weighted by molar-refractivity contribution is 0.0263. The number of amides is 1. The van der Waals surface area contributed by atoms with E-state index in [2.05, 4.69) is 64.1 Å².